The summed E-state index contributed by atoms with van der Waals surface area (Å²) in [6, 6.07) is -4.62. The highest BCUT2D eigenvalue weighted by Crippen LogP contribution is 2.37. The second-order valence-corrected chi connectivity index (χ2v) is 19.3. The standard InChI is InChI=1S/C24H36N2O34S5/c27-4-1-5(19(31)32)52-23(13(4)59-64(44,45)46)55-15-7(3-51-63(41,42)43)54-22(9(11(15)29)26-62(38,39)40)57-16-12(30)17(60-65(47,48)49)24(58-18(16)20(33)34)56-14-6-2-50-21(53-6)8(10(14)28)25-61(35,36)37/h1,4,6-18,21-30H,2-3H2,(H,31,32)(H,33,34)(H,35,36,37)(H,38,39,40)(H,41,42,43)(H,44,45,46)(H,47,48,49)/t4-,6+,7+,8-,9+,10+,11+,12-,13+,14?,15?,16?,17+,18+,21+,22+,23-,24+/m0/s1. The molecule has 41 heteroatoms. The minimum absolute atomic E-state index is 0.309. The van der Waals surface area contributed by atoms with Crippen LogP contribution in [0.25, 0.3) is 0 Å². The fourth-order valence-electron chi connectivity index (χ4n) is 6.75. The van der Waals surface area contributed by atoms with Crippen LogP contribution in [-0.2, 0) is 112 Å². The Hall–Kier alpha value is -2.61. The Kier molecular flexibility index (Phi) is 16.2. The van der Waals surface area contributed by atoms with E-state index in [1.807, 2.05) is 0 Å². The van der Waals surface area contributed by atoms with Gasteiger partial charge in [-0.15, -0.1) is 0 Å². The lowest BCUT2D eigenvalue weighted by Gasteiger charge is -2.49. The van der Waals surface area contributed by atoms with Crippen molar-refractivity contribution in [2.75, 3.05) is 13.2 Å². The monoisotopic (exact) mass is 1060 g/mol. The number of carbonyl (C=O) groups is 2. The third-order valence-electron chi connectivity index (χ3n) is 9.21. The van der Waals surface area contributed by atoms with Crippen molar-refractivity contribution in [1.82, 2.24) is 9.44 Å². The number of hydrogen-bond donors (Lipinski definition) is 13. The number of fused-ring (bicyclic) bond motifs is 2. The number of ether oxygens (including phenoxy) is 8. The molecule has 0 radical (unpaired) electrons. The maximum absolute atomic E-state index is 12.6. The molecular formula is C24H36N2O34S5. The molecule has 0 amide bonds. The SMILES string of the molecule is O=C(O)C1=C[C@H](O)[C@@H](OS(=O)(=O)O)[C@H](OC2[C@@H](COS(=O)(=O)O)O[C@H](OC3[C@H](C(=O)O)O[C@@H](OC4[C@H]5CO[C@H](O5)[C@@H](NS(=O)(=O)O)[C@H]4O)[C@H](OS(=O)(=O)O)[C@H]3O)[C@H](NS(=O)(=O)O)[C@H]2O)O1. The van der Waals surface area contributed by atoms with Crippen molar-refractivity contribution in [2.24, 2.45) is 0 Å². The molecule has 4 saturated heterocycles. The van der Waals surface area contributed by atoms with Crippen LogP contribution in [0.5, 0.6) is 0 Å². The lowest BCUT2D eigenvalue weighted by atomic mass is 9.95. The highest BCUT2D eigenvalue weighted by atomic mass is 32.3. The number of rotatable bonds is 19. The van der Waals surface area contributed by atoms with Gasteiger partial charge in [0.05, 0.1) is 13.2 Å². The van der Waals surface area contributed by atoms with Gasteiger partial charge < -0.3 is 68.5 Å². The topological polar surface area (TPSA) is 553 Å². The van der Waals surface area contributed by atoms with Gasteiger partial charge in [-0.05, 0) is 6.08 Å². The Morgan fingerprint density at radius 2 is 1.17 bits per heavy atom. The summed E-state index contributed by atoms with van der Waals surface area (Å²) in [4.78, 5) is 24.3. The maximum atomic E-state index is 12.6. The predicted molar refractivity (Wildman–Crippen MR) is 186 cm³/mol. The summed E-state index contributed by atoms with van der Waals surface area (Å²) in [6.07, 6.45) is -39.1. The third-order valence-corrected chi connectivity index (χ3v) is 11.7. The molecule has 4 fully saturated rings. The Morgan fingerprint density at radius 1 is 0.631 bits per heavy atom. The molecule has 0 aliphatic carbocycles. The van der Waals surface area contributed by atoms with Gasteiger partial charge in [0.2, 0.25) is 12.0 Å². The number of nitrogens with one attached hydrogen (secondary N) is 2. The normalized spacial score (nSPS) is 39.6. The minimum Gasteiger partial charge on any atom is -0.479 e. The highest BCUT2D eigenvalue weighted by molar-refractivity contribution is 7.84. The molecule has 3 unspecified atom stereocenters. The molecule has 36 nitrogen and oxygen atoms in total. The summed E-state index contributed by atoms with van der Waals surface area (Å²) < 4.78 is 223. The summed E-state index contributed by atoms with van der Waals surface area (Å²) in [5.74, 6) is -5.46. The molecule has 5 heterocycles. The van der Waals surface area contributed by atoms with Gasteiger partial charge in [0, 0.05) is 0 Å². The molecule has 2 bridgehead atoms. The third kappa shape index (κ3) is 14.0. The Labute approximate surface area is 363 Å². The lowest BCUT2D eigenvalue weighted by Crippen LogP contribution is -2.70. The smallest absolute Gasteiger partial charge is 0.397 e. The van der Waals surface area contributed by atoms with Gasteiger partial charge in [-0.3, -0.25) is 22.8 Å². The van der Waals surface area contributed by atoms with E-state index in [1.54, 1.807) is 4.72 Å². The Morgan fingerprint density at radius 3 is 1.71 bits per heavy atom. The van der Waals surface area contributed by atoms with Crippen LogP contribution in [0.2, 0.25) is 0 Å². The first kappa shape index (κ1) is 53.3. The van der Waals surface area contributed by atoms with Crippen molar-refractivity contribution in [3.63, 3.8) is 0 Å². The van der Waals surface area contributed by atoms with Crippen molar-refractivity contribution >= 4 is 63.7 Å². The van der Waals surface area contributed by atoms with Gasteiger partial charge in [-0.1, -0.05) is 0 Å². The van der Waals surface area contributed by atoms with Crippen molar-refractivity contribution in [2.45, 2.75) is 110 Å². The Bertz CT molecular complexity index is 2360. The van der Waals surface area contributed by atoms with E-state index in [0.29, 0.717) is 6.08 Å². The van der Waals surface area contributed by atoms with E-state index in [0.717, 1.165) is 0 Å². The second-order valence-electron chi connectivity index (χ2n) is 13.7. The summed E-state index contributed by atoms with van der Waals surface area (Å²) in [6.45, 7) is -2.18. The molecule has 5 rings (SSSR count). The molecule has 0 aromatic carbocycles. The number of aliphatic carboxylic acids is 2. The number of aliphatic hydroxyl groups is 4. The van der Waals surface area contributed by atoms with E-state index < -0.39 is 193 Å². The van der Waals surface area contributed by atoms with E-state index in [-0.39, 0.29) is 0 Å². The molecule has 0 spiro atoms. The van der Waals surface area contributed by atoms with Gasteiger partial charge in [0.15, 0.2) is 37.2 Å². The summed E-state index contributed by atoms with van der Waals surface area (Å²) >= 11 is 0. The van der Waals surface area contributed by atoms with E-state index in [1.165, 1.54) is 4.72 Å². The highest BCUT2D eigenvalue weighted by Gasteiger charge is 2.59. The van der Waals surface area contributed by atoms with Gasteiger partial charge >= 0.3 is 63.7 Å². The number of hydrogen-bond acceptors (Lipinski definition) is 27. The quantitative estimate of drug-likeness (QED) is 0.0534. The average Bonchev–Trinajstić information content (AvgIpc) is 3.58. The molecule has 0 aromatic rings. The largest absolute Gasteiger partial charge is 0.479 e. The summed E-state index contributed by atoms with van der Waals surface area (Å²) in [5.41, 5.74) is 0. The molecule has 0 saturated carbocycles. The summed E-state index contributed by atoms with van der Waals surface area (Å²) in [5, 5.41) is 63.9. The molecular weight excluding hydrogens is 1020 g/mol. The Balaban J connectivity index is 1.52. The number of carboxylic acid groups (broad SMARTS) is 2. The lowest BCUT2D eigenvalue weighted by molar-refractivity contribution is -0.357. The molecule has 65 heavy (non-hydrogen) atoms. The minimum atomic E-state index is -5.82. The first-order valence-electron chi connectivity index (χ1n) is 17.1. The first-order valence-corrected chi connectivity index (χ1v) is 24.1. The van der Waals surface area contributed by atoms with E-state index in [2.05, 4.69) is 12.5 Å². The predicted octanol–water partition coefficient (Wildman–Crippen LogP) is -9.08. The number of aliphatic hydroxyl groups excluding tert-OH is 4. The number of carboxylic acids is 2. The van der Waals surface area contributed by atoms with E-state index in [9.17, 15) is 105 Å². The zero-order valence-corrected chi connectivity index (χ0v) is 35.3. The molecule has 376 valence electrons. The molecule has 0 aromatic heterocycles. The van der Waals surface area contributed by atoms with Crippen molar-refractivity contribution < 1.29 is 156 Å². The zero-order valence-electron chi connectivity index (χ0n) is 31.2. The molecule has 5 aliphatic heterocycles. The molecule has 5 aliphatic rings. The van der Waals surface area contributed by atoms with Crippen LogP contribution < -0.4 is 9.44 Å². The molecule has 13 N–H and O–H groups in total. The van der Waals surface area contributed by atoms with E-state index >= 15 is 0 Å². The fourth-order valence-corrected chi connectivity index (χ4v) is 9.21. The van der Waals surface area contributed by atoms with Crippen molar-refractivity contribution in [3.8, 4) is 0 Å². The van der Waals surface area contributed by atoms with Gasteiger partial charge in [-0.2, -0.15) is 51.5 Å². The van der Waals surface area contributed by atoms with Crippen LogP contribution in [0.15, 0.2) is 11.8 Å². The van der Waals surface area contributed by atoms with Crippen LogP contribution in [0.1, 0.15) is 0 Å². The molecule has 18 atom stereocenters. The first-order chi connectivity index (χ1) is 29.6. The fraction of sp³-hybridized carbons (Fsp3) is 0.833. The van der Waals surface area contributed by atoms with Crippen LogP contribution in [0.4, 0.5) is 0 Å². The van der Waals surface area contributed by atoms with Gasteiger partial charge in [0.25, 0.3) is 0 Å². The van der Waals surface area contributed by atoms with Crippen molar-refractivity contribution in [3.05, 3.63) is 11.8 Å². The zero-order chi connectivity index (χ0) is 48.9. The second kappa shape index (κ2) is 19.8. The summed E-state index contributed by atoms with van der Waals surface area (Å²) in [7, 11) is -27.9. The van der Waals surface area contributed by atoms with Gasteiger partial charge in [0.1, 0.15) is 67.0 Å². The van der Waals surface area contributed by atoms with Crippen LogP contribution in [0, 0.1) is 0 Å². The van der Waals surface area contributed by atoms with E-state index in [4.69, 9.17) is 37.9 Å². The maximum Gasteiger partial charge on any atom is 0.397 e. The van der Waals surface area contributed by atoms with Crippen LogP contribution in [-0.4, -0.2) is 231 Å². The van der Waals surface area contributed by atoms with Crippen LogP contribution >= 0.6 is 0 Å². The van der Waals surface area contributed by atoms with Crippen molar-refractivity contribution in [1.29, 1.82) is 0 Å². The van der Waals surface area contributed by atoms with Gasteiger partial charge in [-0.25, -0.2) is 22.1 Å². The average molecular weight is 1060 g/mol. The van der Waals surface area contributed by atoms with Crippen LogP contribution in [0.3, 0.4) is 0 Å².